The van der Waals surface area contributed by atoms with Gasteiger partial charge in [-0.05, 0) is 19.1 Å². The first-order chi connectivity index (χ1) is 7.97. The van der Waals surface area contributed by atoms with Crippen LogP contribution in [0, 0.1) is 6.92 Å². The molecule has 0 bridgehead atoms. The second-order valence-electron chi connectivity index (χ2n) is 4.08. The van der Waals surface area contributed by atoms with Gasteiger partial charge >= 0.3 is 11.9 Å². The number of cyclic esters (lactones) is 1. The first kappa shape index (κ1) is 12.4. The van der Waals surface area contributed by atoms with Crippen LogP contribution in [0.5, 0.6) is 0 Å². The van der Waals surface area contributed by atoms with Crippen molar-refractivity contribution in [3.05, 3.63) is 21.9 Å². The Morgan fingerprint density at radius 2 is 2.35 bits per heavy atom. The lowest BCUT2D eigenvalue weighted by Gasteiger charge is -2.08. The molecule has 1 aliphatic heterocycles. The topological polar surface area (TPSA) is 38.3 Å². The minimum atomic E-state index is -3.31. The van der Waals surface area contributed by atoms with Crippen LogP contribution in [0.3, 0.4) is 0 Å². The summed E-state index contributed by atoms with van der Waals surface area (Å²) in [4.78, 5) is 13.1. The number of carbonyl (C=O) groups excluding carboxylic acids is 1. The third-order valence-electron chi connectivity index (χ3n) is 2.52. The minimum Gasteiger partial charge on any atom is -0.456 e. The molecule has 6 heteroatoms. The molecule has 0 aliphatic carbocycles. The van der Waals surface area contributed by atoms with E-state index in [1.54, 1.807) is 11.3 Å². The highest BCUT2D eigenvalue weighted by molar-refractivity contribution is 7.11. The molecule has 2 rings (SSSR count). The largest absolute Gasteiger partial charge is 0.456 e. The lowest BCUT2D eigenvalue weighted by Crippen LogP contribution is -2.26. The molecule has 1 unspecified atom stereocenters. The maximum Gasteiger partial charge on any atom is 0.377 e. The van der Waals surface area contributed by atoms with Gasteiger partial charge in [-0.1, -0.05) is 0 Å². The molecule has 1 aromatic heterocycles. The van der Waals surface area contributed by atoms with E-state index in [0.29, 0.717) is 6.54 Å². The van der Waals surface area contributed by atoms with Gasteiger partial charge in [-0.25, -0.2) is 4.79 Å². The number of halogens is 2. The molecule has 1 aliphatic rings. The monoisotopic (exact) mass is 261 g/mol. The number of rotatable bonds is 4. The van der Waals surface area contributed by atoms with Gasteiger partial charge in [-0.3, -0.25) is 0 Å². The zero-order chi connectivity index (χ0) is 12.5. The fourth-order valence-electron chi connectivity index (χ4n) is 1.70. The summed E-state index contributed by atoms with van der Waals surface area (Å²) >= 11 is 1.65. The molecule has 2 heterocycles. The quantitative estimate of drug-likeness (QED) is 0.843. The van der Waals surface area contributed by atoms with Crippen molar-refractivity contribution in [1.82, 2.24) is 5.32 Å². The van der Waals surface area contributed by atoms with E-state index in [1.807, 2.05) is 19.1 Å². The number of thiophene rings is 1. The Kier molecular flexibility index (Phi) is 3.44. The molecule has 0 spiro atoms. The molecule has 1 N–H and O–H groups in total. The van der Waals surface area contributed by atoms with Gasteiger partial charge in [0.05, 0.1) is 6.42 Å². The standard InChI is InChI=1S/C11H13F2NO2S/c1-7-2-3-9(17-7)6-14-5-8-4-11(12,13)10(15)16-8/h2-3,8,14H,4-6H2,1H3. The highest BCUT2D eigenvalue weighted by atomic mass is 32.1. The van der Waals surface area contributed by atoms with Crippen molar-refractivity contribution in [1.29, 1.82) is 0 Å². The zero-order valence-corrected chi connectivity index (χ0v) is 10.2. The lowest BCUT2D eigenvalue weighted by molar-refractivity contribution is -0.159. The van der Waals surface area contributed by atoms with Gasteiger partial charge in [0.1, 0.15) is 6.10 Å². The van der Waals surface area contributed by atoms with E-state index < -0.39 is 24.4 Å². The molecule has 1 saturated heterocycles. The van der Waals surface area contributed by atoms with E-state index in [0.717, 1.165) is 4.88 Å². The van der Waals surface area contributed by atoms with Crippen LogP contribution >= 0.6 is 11.3 Å². The molecule has 0 radical (unpaired) electrons. The van der Waals surface area contributed by atoms with Gasteiger partial charge < -0.3 is 10.1 Å². The smallest absolute Gasteiger partial charge is 0.377 e. The fourth-order valence-corrected chi connectivity index (χ4v) is 2.56. The Hall–Kier alpha value is -1.01. The second kappa shape index (κ2) is 4.70. The van der Waals surface area contributed by atoms with Crippen molar-refractivity contribution >= 4 is 17.3 Å². The third kappa shape index (κ3) is 3.01. The number of hydrogen-bond donors (Lipinski definition) is 1. The van der Waals surface area contributed by atoms with Gasteiger partial charge in [-0.15, -0.1) is 11.3 Å². The van der Waals surface area contributed by atoms with E-state index in [9.17, 15) is 13.6 Å². The van der Waals surface area contributed by atoms with Gasteiger partial charge in [-0.2, -0.15) is 8.78 Å². The van der Waals surface area contributed by atoms with Crippen LogP contribution in [0.2, 0.25) is 0 Å². The van der Waals surface area contributed by atoms with Crippen LogP contribution in [0.25, 0.3) is 0 Å². The van der Waals surface area contributed by atoms with Gasteiger partial charge in [0.2, 0.25) is 0 Å². The van der Waals surface area contributed by atoms with Crippen molar-refractivity contribution < 1.29 is 18.3 Å². The molecule has 0 saturated carbocycles. The Balaban J connectivity index is 1.75. The fraction of sp³-hybridized carbons (Fsp3) is 0.545. The number of esters is 1. The summed E-state index contributed by atoms with van der Waals surface area (Å²) in [5, 5.41) is 3.02. The Morgan fingerprint density at radius 1 is 1.59 bits per heavy atom. The molecule has 1 atom stereocenters. The summed E-state index contributed by atoms with van der Waals surface area (Å²) < 4.78 is 30.3. The van der Waals surface area contributed by atoms with Gasteiger partial charge in [0.25, 0.3) is 0 Å². The van der Waals surface area contributed by atoms with Crippen LogP contribution in [0.15, 0.2) is 12.1 Å². The third-order valence-corrected chi connectivity index (χ3v) is 3.52. The summed E-state index contributed by atoms with van der Waals surface area (Å²) in [6.45, 7) is 2.88. The first-order valence-electron chi connectivity index (χ1n) is 5.32. The predicted octanol–water partition coefficient (Wildman–Crippen LogP) is 2.10. The van der Waals surface area contributed by atoms with Crippen molar-refractivity contribution in [3.8, 4) is 0 Å². The van der Waals surface area contributed by atoms with Crippen molar-refractivity contribution in [2.24, 2.45) is 0 Å². The molecule has 0 amide bonds. The number of alkyl halides is 2. The lowest BCUT2D eigenvalue weighted by atomic mass is 10.2. The minimum absolute atomic E-state index is 0.262. The van der Waals surface area contributed by atoms with Crippen molar-refractivity contribution in [3.63, 3.8) is 0 Å². The van der Waals surface area contributed by atoms with Crippen LogP contribution in [0.1, 0.15) is 16.2 Å². The maximum absolute atomic E-state index is 12.8. The Bertz CT molecular complexity index is 419. The van der Waals surface area contributed by atoms with Crippen LogP contribution in [-0.2, 0) is 16.1 Å². The summed E-state index contributed by atoms with van der Waals surface area (Å²) in [6.07, 6.45) is -1.25. The molecule has 3 nitrogen and oxygen atoms in total. The normalized spacial score (nSPS) is 22.8. The van der Waals surface area contributed by atoms with Crippen molar-refractivity contribution in [2.45, 2.75) is 31.9 Å². The predicted molar refractivity (Wildman–Crippen MR) is 60.2 cm³/mol. The van der Waals surface area contributed by atoms with E-state index in [1.165, 1.54) is 4.88 Å². The molecular weight excluding hydrogens is 248 g/mol. The summed E-state index contributed by atoms with van der Waals surface area (Å²) in [5.74, 6) is -4.72. The van der Waals surface area contributed by atoms with E-state index in [-0.39, 0.29) is 6.54 Å². The molecule has 94 valence electrons. The van der Waals surface area contributed by atoms with E-state index in [4.69, 9.17) is 0 Å². The highest BCUT2D eigenvalue weighted by Gasteiger charge is 2.50. The molecule has 17 heavy (non-hydrogen) atoms. The van der Waals surface area contributed by atoms with E-state index in [2.05, 4.69) is 10.1 Å². The van der Waals surface area contributed by atoms with Crippen molar-refractivity contribution in [2.75, 3.05) is 6.54 Å². The van der Waals surface area contributed by atoms with Crippen LogP contribution in [0.4, 0.5) is 8.78 Å². The summed E-state index contributed by atoms with van der Waals surface area (Å²) in [6, 6.07) is 3.99. The van der Waals surface area contributed by atoms with Gasteiger partial charge in [0, 0.05) is 22.8 Å². The average Bonchev–Trinajstić information content (AvgIpc) is 2.73. The number of ether oxygens (including phenoxy) is 1. The number of aryl methyl sites for hydroxylation is 1. The number of carbonyl (C=O) groups is 1. The maximum atomic E-state index is 12.8. The van der Waals surface area contributed by atoms with Crippen LogP contribution in [-0.4, -0.2) is 24.5 Å². The highest BCUT2D eigenvalue weighted by Crippen LogP contribution is 2.30. The zero-order valence-electron chi connectivity index (χ0n) is 9.33. The van der Waals surface area contributed by atoms with Gasteiger partial charge in [0.15, 0.2) is 0 Å². The SMILES string of the molecule is Cc1ccc(CNCC2CC(F)(F)C(=O)O2)s1. The average molecular weight is 261 g/mol. The molecule has 0 aromatic carbocycles. The number of hydrogen-bond acceptors (Lipinski definition) is 4. The van der Waals surface area contributed by atoms with Crippen LogP contribution < -0.4 is 5.32 Å². The first-order valence-corrected chi connectivity index (χ1v) is 6.14. The Labute approximate surface area is 102 Å². The summed E-state index contributed by atoms with van der Waals surface area (Å²) in [5.41, 5.74) is 0. The van der Waals surface area contributed by atoms with E-state index >= 15 is 0 Å². The Morgan fingerprint density at radius 3 is 2.88 bits per heavy atom. The molecular formula is C11H13F2NO2S. The number of nitrogens with one attached hydrogen (secondary N) is 1. The molecule has 1 aromatic rings. The molecule has 1 fully saturated rings. The summed E-state index contributed by atoms with van der Waals surface area (Å²) in [7, 11) is 0. The second-order valence-corrected chi connectivity index (χ2v) is 5.45.